The summed E-state index contributed by atoms with van der Waals surface area (Å²) in [5.41, 5.74) is 1.54. The Bertz CT molecular complexity index is 964. The van der Waals surface area contributed by atoms with Gasteiger partial charge < -0.3 is 5.11 Å². The van der Waals surface area contributed by atoms with Crippen molar-refractivity contribution in [3.63, 3.8) is 0 Å². The van der Waals surface area contributed by atoms with Crippen LogP contribution >= 0.6 is 0 Å². The first-order valence-corrected chi connectivity index (χ1v) is 14.5. The molecule has 7 heteroatoms. The van der Waals surface area contributed by atoms with Crippen molar-refractivity contribution in [3.05, 3.63) is 23.3 Å². The van der Waals surface area contributed by atoms with Gasteiger partial charge in [-0.05, 0) is 113 Å². The first-order chi connectivity index (χ1) is 15.9. The molecule has 3 unspecified atom stereocenters. The fourth-order valence-corrected chi connectivity index (χ4v) is 9.25. The van der Waals surface area contributed by atoms with Gasteiger partial charge in [0.2, 0.25) is 0 Å². The summed E-state index contributed by atoms with van der Waals surface area (Å²) in [7, 11) is -4.55. The van der Waals surface area contributed by atoms with Crippen LogP contribution in [0.2, 0.25) is 0 Å². The van der Waals surface area contributed by atoms with Gasteiger partial charge in [0, 0.05) is 0 Å². The van der Waals surface area contributed by atoms with Crippen LogP contribution in [0.15, 0.2) is 23.3 Å². The van der Waals surface area contributed by atoms with Gasteiger partial charge in [0.25, 0.3) is 0 Å². The minimum atomic E-state index is -4.55. The molecule has 0 bridgehead atoms. The molecule has 6 nitrogen and oxygen atoms in total. The van der Waals surface area contributed by atoms with Crippen molar-refractivity contribution < 1.29 is 27.1 Å². The maximum absolute atomic E-state index is 12.8. The van der Waals surface area contributed by atoms with Crippen LogP contribution in [-0.2, 0) is 19.4 Å². The molecule has 192 valence electrons. The second-order valence-electron chi connectivity index (χ2n) is 12.1. The Balaban J connectivity index is 1.56. The highest BCUT2D eigenvalue weighted by molar-refractivity contribution is 7.80. The van der Waals surface area contributed by atoms with E-state index < -0.39 is 27.9 Å². The van der Waals surface area contributed by atoms with E-state index in [1.54, 1.807) is 0 Å². The maximum Gasteiger partial charge on any atom is 0.397 e. The highest BCUT2D eigenvalue weighted by atomic mass is 32.3. The topological polar surface area (TPSA) is 101 Å². The molecule has 3 fully saturated rings. The van der Waals surface area contributed by atoms with E-state index in [0.29, 0.717) is 36.5 Å². The van der Waals surface area contributed by atoms with E-state index in [1.165, 1.54) is 24.8 Å². The average molecular weight is 495 g/mol. The van der Waals surface area contributed by atoms with Crippen molar-refractivity contribution in [1.29, 1.82) is 0 Å². The lowest BCUT2D eigenvalue weighted by Crippen LogP contribution is -2.55. The number of hydrogen-bond acceptors (Lipinski definition) is 4. The van der Waals surface area contributed by atoms with E-state index in [1.807, 2.05) is 0 Å². The number of carbonyl (C=O) groups is 1. The van der Waals surface area contributed by atoms with Crippen LogP contribution in [0.1, 0.15) is 91.9 Å². The van der Waals surface area contributed by atoms with Crippen LogP contribution in [0.5, 0.6) is 0 Å². The summed E-state index contributed by atoms with van der Waals surface area (Å²) in [6, 6.07) is 0. The molecule has 0 radical (unpaired) electrons. The minimum Gasteiger partial charge on any atom is -0.481 e. The van der Waals surface area contributed by atoms with Gasteiger partial charge in [0.15, 0.2) is 0 Å². The van der Waals surface area contributed by atoms with Gasteiger partial charge in [-0.1, -0.05) is 37.1 Å². The van der Waals surface area contributed by atoms with Crippen molar-refractivity contribution >= 4 is 16.4 Å². The molecule has 0 aliphatic heterocycles. The summed E-state index contributed by atoms with van der Waals surface area (Å²) in [5, 5.41) is 10.5. The molecular formula is C27H42O6S. The molecular weight excluding hydrogens is 452 g/mol. The van der Waals surface area contributed by atoms with Gasteiger partial charge in [0.1, 0.15) is 0 Å². The lowest BCUT2D eigenvalue weighted by molar-refractivity contribution is -0.159. The molecule has 0 saturated heterocycles. The van der Waals surface area contributed by atoms with E-state index in [-0.39, 0.29) is 17.8 Å². The molecule has 4 aliphatic rings. The van der Waals surface area contributed by atoms with Crippen LogP contribution in [0, 0.1) is 40.4 Å². The first kappa shape index (κ1) is 25.9. The summed E-state index contributed by atoms with van der Waals surface area (Å²) >= 11 is 0. The standard InChI is InChI=1S/C27H42O6S/c1-17(2)6-5-7-18(3)22-10-11-23-21-9-8-19-16-20(33-34(30,31)32)12-15-27(19,25(28)29)24(21)13-14-26(22,23)4/h6,8,18,20-24H,5,7,9-16H2,1-4H3,(H,28,29)(H,30,31,32)/t18-,20+,21?,22-,23?,24?,26-,27-/m1/s1. The number of carboxylic acid groups (broad SMARTS) is 1. The summed E-state index contributed by atoms with van der Waals surface area (Å²) < 4.78 is 36.5. The quantitative estimate of drug-likeness (QED) is 0.323. The SMILES string of the molecule is CC(C)=CCC[C@@H](C)[C@H]1CCC2C3CC=C4C[C@@H](OS(=O)(=O)O)CC[C@]4(C(=O)O)C3CC[C@@]21C. The highest BCUT2D eigenvalue weighted by Crippen LogP contribution is 2.67. The third kappa shape index (κ3) is 4.53. The summed E-state index contributed by atoms with van der Waals surface area (Å²) in [5.74, 6) is 1.59. The summed E-state index contributed by atoms with van der Waals surface area (Å²) in [6.45, 7) is 9.21. The zero-order valence-electron chi connectivity index (χ0n) is 21.1. The Hall–Kier alpha value is -1.18. The number of hydrogen-bond donors (Lipinski definition) is 2. The molecule has 0 spiro atoms. The zero-order chi connectivity index (χ0) is 24.9. The lowest BCUT2D eigenvalue weighted by atomic mass is 9.46. The largest absolute Gasteiger partial charge is 0.481 e. The Kier molecular flexibility index (Phi) is 7.13. The normalized spacial score (nSPS) is 40.4. The number of allylic oxidation sites excluding steroid dienone is 3. The van der Waals surface area contributed by atoms with Gasteiger partial charge in [0.05, 0.1) is 11.5 Å². The Labute approximate surface area is 205 Å². The first-order valence-electron chi connectivity index (χ1n) is 13.1. The number of carboxylic acids is 1. The van der Waals surface area contributed by atoms with E-state index in [0.717, 1.165) is 31.3 Å². The highest BCUT2D eigenvalue weighted by Gasteiger charge is 2.62. The fraction of sp³-hybridized carbons (Fsp3) is 0.815. The van der Waals surface area contributed by atoms with Crippen LogP contribution in [-0.4, -0.2) is 30.2 Å². The number of rotatable bonds is 7. The predicted octanol–water partition coefficient (Wildman–Crippen LogP) is 6.20. The van der Waals surface area contributed by atoms with Gasteiger partial charge in [-0.2, -0.15) is 8.42 Å². The molecule has 4 aliphatic carbocycles. The number of aliphatic carboxylic acids is 1. The molecule has 4 rings (SSSR count). The van der Waals surface area contributed by atoms with Crippen molar-refractivity contribution in [2.45, 2.75) is 98.0 Å². The average Bonchev–Trinajstić information content (AvgIpc) is 3.09. The second-order valence-corrected chi connectivity index (χ2v) is 13.1. The van der Waals surface area contributed by atoms with Gasteiger partial charge in [-0.3, -0.25) is 9.35 Å². The van der Waals surface area contributed by atoms with Gasteiger partial charge in [-0.15, -0.1) is 0 Å². The second kappa shape index (κ2) is 9.36. The van der Waals surface area contributed by atoms with Crippen LogP contribution < -0.4 is 0 Å². The van der Waals surface area contributed by atoms with E-state index in [4.69, 9.17) is 8.74 Å². The Morgan fingerprint density at radius 3 is 2.59 bits per heavy atom. The smallest absolute Gasteiger partial charge is 0.397 e. The molecule has 0 heterocycles. The zero-order valence-corrected chi connectivity index (χ0v) is 21.9. The molecule has 0 aromatic heterocycles. The molecule has 0 amide bonds. The molecule has 0 aromatic rings. The van der Waals surface area contributed by atoms with E-state index in [9.17, 15) is 18.3 Å². The molecule has 2 N–H and O–H groups in total. The number of fused-ring (bicyclic) bond motifs is 5. The molecule has 0 aromatic carbocycles. The van der Waals surface area contributed by atoms with Gasteiger partial charge in [-0.25, -0.2) is 4.18 Å². The van der Waals surface area contributed by atoms with E-state index >= 15 is 0 Å². The summed E-state index contributed by atoms with van der Waals surface area (Å²) in [4.78, 5) is 12.8. The van der Waals surface area contributed by atoms with Gasteiger partial charge >= 0.3 is 16.4 Å². The summed E-state index contributed by atoms with van der Waals surface area (Å²) in [6.07, 6.45) is 12.3. The fourth-order valence-electron chi connectivity index (χ4n) is 8.74. The third-order valence-corrected chi connectivity index (χ3v) is 10.7. The Morgan fingerprint density at radius 1 is 1.21 bits per heavy atom. The van der Waals surface area contributed by atoms with Crippen molar-refractivity contribution in [2.24, 2.45) is 40.4 Å². The van der Waals surface area contributed by atoms with E-state index in [2.05, 4.69) is 39.8 Å². The van der Waals surface area contributed by atoms with Crippen molar-refractivity contribution in [3.8, 4) is 0 Å². The maximum atomic E-state index is 12.8. The third-order valence-electron chi connectivity index (χ3n) is 10.2. The van der Waals surface area contributed by atoms with Crippen molar-refractivity contribution in [1.82, 2.24) is 0 Å². The molecule has 34 heavy (non-hydrogen) atoms. The minimum absolute atomic E-state index is 0.0921. The monoisotopic (exact) mass is 494 g/mol. The molecule has 3 saturated carbocycles. The predicted molar refractivity (Wildman–Crippen MR) is 131 cm³/mol. The van der Waals surface area contributed by atoms with Crippen LogP contribution in [0.25, 0.3) is 0 Å². The Morgan fingerprint density at radius 2 is 1.94 bits per heavy atom. The van der Waals surface area contributed by atoms with Crippen LogP contribution in [0.3, 0.4) is 0 Å². The molecule has 8 atom stereocenters. The van der Waals surface area contributed by atoms with Crippen molar-refractivity contribution in [2.75, 3.05) is 0 Å². The lowest BCUT2D eigenvalue weighted by Gasteiger charge is -2.57. The van der Waals surface area contributed by atoms with Crippen LogP contribution in [0.4, 0.5) is 0 Å².